The van der Waals surface area contributed by atoms with Gasteiger partial charge in [0, 0.05) is 6.04 Å². The zero-order valence-corrected chi connectivity index (χ0v) is 9.52. The fourth-order valence-electron chi connectivity index (χ4n) is 2.72. The van der Waals surface area contributed by atoms with E-state index in [1.807, 2.05) is 0 Å². The van der Waals surface area contributed by atoms with E-state index >= 15 is 0 Å². The molecule has 2 nitrogen and oxygen atoms in total. The molecule has 2 saturated carbocycles. The largest absolute Gasteiger partial charge is 0.393 e. The molecular weight excluding hydrogens is 202 g/mol. The Morgan fingerprint density at radius 3 is 2.85 bits per heavy atom. The SMILES string of the molecule is CC(NC1C[C@@H]2C[C@@H](O)CC12)SS. The maximum absolute atomic E-state index is 9.47. The van der Waals surface area contributed by atoms with Crippen LogP contribution in [0.25, 0.3) is 0 Å². The highest BCUT2D eigenvalue weighted by Crippen LogP contribution is 2.47. The van der Waals surface area contributed by atoms with Crippen molar-refractivity contribution in [3.63, 3.8) is 0 Å². The maximum atomic E-state index is 9.47. The van der Waals surface area contributed by atoms with Crippen molar-refractivity contribution in [2.45, 2.75) is 43.7 Å². The number of hydrogen-bond donors (Lipinski definition) is 3. The molecule has 2 aliphatic rings. The van der Waals surface area contributed by atoms with E-state index in [2.05, 4.69) is 23.9 Å². The summed E-state index contributed by atoms with van der Waals surface area (Å²) in [6.45, 7) is 2.14. The summed E-state index contributed by atoms with van der Waals surface area (Å²) in [7, 11) is 1.56. The number of aliphatic hydroxyl groups excluding tert-OH is 1. The van der Waals surface area contributed by atoms with Crippen LogP contribution < -0.4 is 5.32 Å². The van der Waals surface area contributed by atoms with Gasteiger partial charge in [0.1, 0.15) is 0 Å². The highest BCUT2D eigenvalue weighted by molar-refractivity contribution is 8.68. The molecule has 3 unspecified atom stereocenters. The minimum Gasteiger partial charge on any atom is -0.393 e. The van der Waals surface area contributed by atoms with Gasteiger partial charge in [0.25, 0.3) is 0 Å². The van der Waals surface area contributed by atoms with Crippen LogP contribution in [0.4, 0.5) is 0 Å². The van der Waals surface area contributed by atoms with Gasteiger partial charge in [-0.25, -0.2) is 0 Å². The molecule has 4 heteroatoms. The van der Waals surface area contributed by atoms with Gasteiger partial charge in [-0.2, -0.15) is 0 Å². The van der Waals surface area contributed by atoms with Crippen molar-refractivity contribution in [1.82, 2.24) is 5.32 Å². The maximum Gasteiger partial charge on any atom is 0.0608 e. The zero-order valence-electron chi connectivity index (χ0n) is 7.81. The van der Waals surface area contributed by atoms with Gasteiger partial charge in [0.2, 0.25) is 0 Å². The van der Waals surface area contributed by atoms with E-state index in [0.29, 0.717) is 11.4 Å². The lowest BCUT2D eigenvalue weighted by Gasteiger charge is -2.42. The minimum atomic E-state index is -0.0271. The molecule has 76 valence electrons. The van der Waals surface area contributed by atoms with Gasteiger partial charge in [-0.1, -0.05) is 10.8 Å². The first-order valence-corrected chi connectivity index (χ1v) is 6.88. The molecule has 0 heterocycles. The first-order valence-electron chi connectivity index (χ1n) is 4.95. The predicted molar refractivity (Wildman–Crippen MR) is 59.8 cm³/mol. The van der Waals surface area contributed by atoms with Crippen molar-refractivity contribution < 1.29 is 5.11 Å². The van der Waals surface area contributed by atoms with Crippen molar-refractivity contribution in [3.8, 4) is 0 Å². The first-order chi connectivity index (χ1) is 6.20. The molecule has 13 heavy (non-hydrogen) atoms. The highest BCUT2D eigenvalue weighted by atomic mass is 33.1. The number of aliphatic hydroxyl groups is 1. The van der Waals surface area contributed by atoms with Crippen LogP contribution >= 0.6 is 22.5 Å². The third-order valence-corrected chi connectivity index (χ3v) is 4.81. The number of fused-ring (bicyclic) bond motifs is 1. The minimum absolute atomic E-state index is 0.0271. The lowest BCUT2D eigenvalue weighted by Crippen LogP contribution is -2.50. The van der Waals surface area contributed by atoms with Crippen LogP contribution in [0.15, 0.2) is 0 Å². The van der Waals surface area contributed by atoms with Crippen LogP contribution in [0.1, 0.15) is 26.2 Å². The Morgan fingerprint density at radius 1 is 1.46 bits per heavy atom. The van der Waals surface area contributed by atoms with Gasteiger partial charge in [-0.3, -0.25) is 0 Å². The van der Waals surface area contributed by atoms with Crippen molar-refractivity contribution in [3.05, 3.63) is 0 Å². The molecule has 0 spiro atoms. The third kappa shape index (κ3) is 2.01. The number of rotatable bonds is 3. The molecular formula is C9H17NOS2. The molecule has 0 radical (unpaired) electrons. The van der Waals surface area contributed by atoms with E-state index in [1.165, 1.54) is 6.42 Å². The molecule has 2 rings (SSSR count). The Morgan fingerprint density at radius 2 is 2.23 bits per heavy atom. The van der Waals surface area contributed by atoms with Crippen LogP contribution in [0.3, 0.4) is 0 Å². The molecule has 0 amide bonds. The summed E-state index contributed by atoms with van der Waals surface area (Å²) in [6, 6.07) is 0.636. The van der Waals surface area contributed by atoms with Crippen molar-refractivity contribution in [2.24, 2.45) is 11.8 Å². The van der Waals surface area contributed by atoms with Gasteiger partial charge >= 0.3 is 0 Å². The second-order valence-corrected chi connectivity index (χ2v) is 5.86. The van der Waals surface area contributed by atoms with Crippen LogP contribution in [-0.4, -0.2) is 22.6 Å². The predicted octanol–water partition coefficient (Wildman–Crippen LogP) is 1.66. The highest BCUT2D eigenvalue weighted by Gasteiger charge is 2.47. The lowest BCUT2D eigenvalue weighted by molar-refractivity contribution is 0.136. The van der Waals surface area contributed by atoms with Crippen LogP contribution in [-0.2, 0) is 0 Å². The second kappa shape index (κ2) is 4.01. The monoisotopic (exact) mass is 219 g/mol. The topological polar surface area (TPSA) is 32.3 Å². The van der Waals surface area contributed by atoms with Crippen LogP contribution in [0, 0.1) is 11.8 Å². The summed E-state index contributed by atoms with van der Waals surface area (Å²) < 4.78 is 0. The Balaban J connectivity index is 1.79. The quantitative estimate of drug-likeness (QED) is 0.383. The number of hydrogen-bond acceptors (Lipinski definition) is 4. The average Bonchev–Trinajstić information content (AvgIpc) is 2.39. The van der Waals surface area contributed by atoms with Crippen LogP contribution in [0.2, 0.25) is 0 Å². The normalized spacial score (nSPS) is 45.5. The Kier molecular flexibility index (Phi) is 3.13. The number of thiol groups is 1. The third-order valence-electron chi connectivity index (χ3n) is 3.40. The van der Waals surface area contributed by atoms with Gasteiger partial charge in [-0.15, -0.1) is 11.7 Å². The molecule has 0 aromatic rings. The van der Waals surface area contributed by atoms with Gasteiger partial charge in [0.15, 0.2) is 0 Å². The molecule has 0 bridgehead atoms. The van der Waals surface area contributed by atoms with E-state index in [1.54, 1.807) is 10.8 Å². The Hall–Kier alpha value is 0.620. The summed E-state index contributed by atoms with van der Waals surface area (Å²) in [4.78, 5) is 0. The van der Waals surface area contributed by atoms with Gasteiger partial charge in [-0.05, 0) is 38.0 Å². The average molecular weight is 219 g/mol. The first kappa shape index (κ1) is 10.1. The van der Waals surface area contributed by atoms with E-state index in [9.17, 15) is 5.11 Å². The molecule has 0 aromatic heterocycles. The summed E-state index contributed by atoms with van der Waals surface area (Å²) in [5.41, 5.74) is 0. The smallest absolute Gasteiger partial charge is 0.0608 e. The molecule has 2 fully saturated rings. The Labute approximate surface area is 88.7 Å². The molecule has 0 aromatic carbocycles. The summed E-state index contributed by atoms with van der Waals surface area (Å²) >= 11 is 4.17. The van der Waals surface area contributed by atoms with Crippen molar-refractivity contribution >= 4 is 22.5 Å². The Bertz CT molecular complexity index is 190. The lowest BCUT2D eigenvalue weighted by atomic mass is 9.71. The second-order valence-electron chi connectivity index (χ2n) is 4.31. The molecule has 5 atom stereocenters. The molecule has 0 aliphatic heterocycles. The van der Waals surface area contributed by atoms with E-state index < -0.39 is 0 Å². The molecule has 0 saturated heterocycles. The van der Waals surface area contributed by atoms with Gasteiger partial charge < -0.3 is 10.4 Å². The summed E-state index contributed by atoms with van der Waals surface area (Å²) in [5, 5.41) is 13.4. The van der Waals surface area contributed by atoms with Crippen LogP contribution in [0.5, 0.6) is 0 Å². The van der Waals surface area contributed by atoms with Crippen molar-refractivity contribution in [2.75, 3.05) is 0 Å². The van der Waals surface area contributed by atoms with Gasteiger partial charge in [0.05, 0.1) is 11.5 Å². The van der Waals surface area contributed by atoms with E-state index in [4.69, 9.17) is 0 Å². The fraction of sp³-hybridized carbons (Fsp3) is 1.00. The van der Waals surface area contributed by atoms with E-state index in [-0.39, 0.29) is 6.10 Å². The summed E-state index contributed by atoms with van der Waals surface area (Å²) in [6.07, 6.45) is 3.26. The summed E-state index contributed by atoms with van der Waals surface area (Å²) in [5.74, 6) is 1.53. The standard InChI is InChI=1S/C9H17NOS2/c1-5(13-12)10-9-3-6-2-7(11)4-8(6)9/h5-12H,2-4H2,1H3/t5?,6-,7+,8?,9?/m0/s1. The van der Waals surface area contributed by atoms with Crippen molar-refractivity contribution in [1.29, 1.82) is 0 Å². The zero-order chi connectivity index (χ0) is 9.42. The number of nitrogens with one attached hydrogen (secondary N) is 1. The molecule has 2 N–H and O–H groups in total. The van der Waals surface area contributed by atoms with E-state index in [0.717, 1.165) is 24.7 Å². The fourth-order valence-corrected chi connectivity index (χ4v) is 3.14. The molecule has 2 aliphatic carbocycles.